The lowest BCUT2D eigenvalue weighted by molar-refractivity contribution is 0.700. The SMILES string of the molecule is CNC(c1cc(Br)cc(Br)c1)c1sccc1Br. The third kappa shape index (κ3) is 3.20. The fourth-order valence-corrected chi connectivity index (χ4v) is 4.77. The van der Waals surface area contributed by atoms with Crippen LogP contribution in [0.4, 0.5) is 0 Å². The summed E-state index contributed by atoms with van der Waals surface area (Å²) >= 11 is 12.4. The van der Waals surface area contributed by atoms with Crippen LogP contribution in [0.1, 0.15) is 16.5 Å². The first-order valence-corrected chi connectivity index (χ1v) is 8.24. The summed E-state index contributed by atoms with van der Waals surface area (Å²) in [7, 11) is 1.98. The van der Waals surface area contributed by atoms with Gasteiger partial charge in [0.05, 0.1) is 6.04 Å². The summed E-state index contributed by atoms with van der Waals surface area (Å²) in [6.45, 7) is 0. The van der Waals surface area contributed by atoms with Gasteiger partial charge >= 0.3 is 0 Å². The van der Waals surface area contributed by atoms with Crippen molar-refractivity contribution >= 4 is 59.1 Å². The summed E-state index contributed by atoms with van der Waals surface area (Å²) in [5.74, 6) is 0. The Kier molecular flexibility index (Phi) is 4.83. The molecule has 0 aliphatic carbocycles. The highest BCUT2D eigenvalue weighted by atomic mass is 79.9. The third-order valence-corrected chi connectivity index (χ3v) is 5.27. The van der Waals surface area contributed by atoms with Gasteiger partial charge in [-0.1, -0.05) is 31.9 Å². The zero-order valence-corrected chi connectivity index (χ0v) is 14.6. The second kappa shape index (κ2) is 5.97. The molecule has 0 amide bonds. The molecule has 0 saturated carbocycles. The molecular formula is C12H10Br3NS. The Bertz CT molecular complexity index is 504. The van der Waals surface area contributed by atoms with Crippen LogP contribution in [0, 0.1) is 0 Å². The van der Waals surface area contributed by atoms with E-state index in [0.717, 1.165) is 13.4 Å². The number of benzene rings is 1. The Morgan fingerprint density at radius 1 is 1.12 bits per heavy atom. The van der Waals surface area contributed by atoms with E-state index >= 15 is 0 Å². The van der Waals surface area contributed by atoms with Gasteiger partial charge in [-0.25, -0.2) is 0 Å². The lowest BCUT2D eigenvalue weighted by atomic mass is 10.1. The highest BCUT2D eigenvalue weighted by Gasteiger charge is 2.17. The first-order valence-electron chi connectivity index (χ1n) is 4.98. The molecule has 1 nitrogen and oxygen atoms in total. The minimum Gasteiger partial charge on any atom is -0.309 e. The maximum Gasteiger partial charge on any atom is 0.0680 e. The fraction of sp³-hybridized carbons (Fsp3) is 0.167. The van der Waals surface area contributed by atoms with Gasteiger partial charge in [-0.2, -0.15) is 0 Å². The van der Waals surface area contributed by atoms with Crippen molar-refractivity contribution in [3.63, 3.8) is 0 Å². The standard InChI is InChI=1S/C12H10Br3NS/c1-16-11(12-10(15)2-3-17-12)7-4-8(13)6-9(14)5-7/h2-6,11,16H,1H3. The van der Waals surface area contributed by atoms with Crippen LogP contribution in [0.15, 0.2) is 43.1 Å². The smallest absolute Gasteiger partial charge is 0.0680 e. The maximum atomic E-state index is 3.59. The van der Waals surface area contributed by atoms with Gasteiger partial charge in [-0.15, -0.1) is 11.3 Å². The van der Waals surface area contributed by atoms with Crippen LogP contribution >= 0.6 is 59.1 Å². The van der Waals surface area contributed by atoms with Gasteiger partial charge in [-0.3, -0.25) is 0 Å². The van der Waals surface area contributed by atoms with Crippen molar-refractivity contribution in [3.05, 3.63) is 53.5 Å². The monoisotopic (exact) mass is 437 g/mol. The lowest BCUT2D eigenvalue weighted by Gasteiger charge is -2.16. The summed E-state index contributed by atoms with van der Waals surface area (Å²) in [6.07, 6.45) is 0. The van der Waals surface area contributed by atoms with E-state index < -0.39 is 0 Å². The normalized spacial score (nSPS) is 12.7. The van der Waals surface area contributed by atoms with Gasteiger partial charge < -0.3 is 5.32 Å². The van der Waals surface area contributed by atoms with Crippen molar-refractivity contribution < 1.29 is 0 Å². The quantitative estimate of drug-likeness (QED) is 0.680. The van der Waals surface area contributed by atoms with Crippen LogP contribution in [0.5, 0.6) is 0 Å². The van der Waals surface area contributed by atoms with Crippen LogP contribution in [0.25, 0.3) is 0 Å². The molecule has 0 radical (unpaired) electrons. The number of halogens is 3. The Morgan fingerprint density at radius 2 is 1.76 bits per heavy atom. The molecule has 2 rings (SSSR count). The molecule has 1 heterocycles. The molecule has 0 fully saturated rings. The van der Waals surface area contributed by atoms with E-state index in [1.165, 1.54) is 10.4 Å². The van der Waals surface area contributed by atoms with Crippen LogP contribution in [-0.4, -0.2) is 7.05 Å². The number of hydrogen-bond donors (Lipinski definition) is 1. The number of hydrogen-bond acceptors (Lipinski definition) is 2. The molecule has 2 aromatic rings. The second-order valence-electron chi connectivity index (χ2n) is 3.56. The van der Waals surface area contributed by atoms with Crippen LogP contribution in [0.3, 0.4) is 0 Å². The summed E-state index contributed by atoms with van der Waals surface area (Å²) < 4.78 is 3.31. The molecule has 90 valence electrons. The van der Waals surface area contributed by atoms with E-state index in [4.69, 9.17) is 0 Å². The predicted molar refractivity (Wildman–Crippen MR) is 84.8 cm³/mol. The van der Waals surface area contributed by atoms with Crippen molar-refractivity contribution in [2.45, 2.75) is 6.04 Å². The van der Waals surface area contributed by atoms with Gasteiger partial charge in [0.15, 0.2) is 0 Å². The molecule has 1 N–H and O–H groups in total. The molecule has 1 aromatic heterocycles. The Labute approximate surface area is 130 Å². The molecule has 0 aliphatic rings. The van der Waals surface area contributed by atoms with E-state index in [2.05, 4.69) is 76.7 Å². The van der Waals surface area contributed by atoms with Gasteiger partial charge in [-0.05, 0) is 58.2 Å². The Morgan fingerprint density at radius 3 is 2.24 bits per heavy atom. The van der Waals surface area contributed by atoms with Crippen LogP contribution in [-0.2, 0) is 0 Å². The van der Waals surface area contributed by atoms with Gasteiger partial charge in [0, 0.05) is 18.3 Å². The zero-order chi connectivity index (χ0) is 12.4. The van der Waals surface area contributed by atoms with Gasteiger partial charge in [0.1, 0.15) is 0 Å². The highest BCUT2D eigenvalue weighted by Crippen LogP contribution is 2.34. The van der Waals surface area contributed by atoms with Crippen molar-refractivity contribution in [1.82, 2.24) is 5.32 Å². The molecule has 0 bridgehead atoms. The third-order valence-electron chi connectivity index (χ3n) is 2.41. The van der Waals surface area contributed by atoms with E-state index in [0.29, 0.717) is 0 Å². The lowest BCUT2D eigenvalue weighted by Crippen LogP contribution is -2.16. The van der Waals surface area contributed by atoms with Gasteiger partial charge in [0.25, 0.3) is 0 Å². The summed E-state index contributed by atoms with van der Waals surface area (Å²) in [4.78, 5) is 1.29. The molecule has 1 aromatic carbocycles. The van der Waals surface area contributed by atoms with Crippen molar-refractivity contribution in [1.29, 1.82) is 0 Å². The maximum absolute atomic E-state index is 3.59. The first-order chi connectivity index (χ1) is 8.11. The molecule has 17 heavy (non-hydrogen) atoms. The molecule has 0 spiro atoms. The van der Waals surface area contributed by atoms with E-state index in [9.17, 15) is 0 Å². The van der Waals surface area contributed by atoms with Crippen LogP contribution in [0.2, 0.25) is 0 Å². The molecular weight excluding hydrogens is 430 g/mol. The molecule has 1 unspecified atom stereocenters. The van der Waals surface area contributed by atoms with E-state index in [-0.39, 0.29) is 6.04 Å². The predicted octanol–water partition coefficient (Wildman–Crippen LogP) is 5.34. The molecule has 5 heteroatoms. The molecule has 0 aliphatic heterocycles. The van der Waals surface area contributed by atoms with E-state index in [1.807, 2.05) is 13.1 Å². The minimum atomic E-state index is 0.207. The van der Waals surface area contributed by atoms with Crippen molar-refractivity contribution in [2.75, 3.05) is 7.05 Å². The number of nitrogens with one attached hydrogen (secondary N) is 1. The first kappa shape index (κ1) is 13.7. The average molecular weight is 440 g/mol. The highest BCUT2D eigenvalue weighted by molar-refractivity contribution is 9.11. The topological polar surface area (TPSA) is 12.0 Å². The zero-order valence-electron chi connectivity index (χ0n) is 9.01. The number of thiophene rings is 1. The largest absolute Gasteiger partial charge is 0.309 e. The van der Waals surface area contributed by atoms with Crippen LogP contribution < -0.4 is 5.32 Å². The summed E-state index contributed by atoms with van der Waals surface area (Å²) in [5.41, 5.74) is 1.23. The second-order valence-corrected chi connectivity index (χ2v) is 7.19. The summed E-state index contributed by atoms with van der Waals surface area (Å²) in [6, 6.07) is 8.60. The molecule has 1 atom stereocenters. The van der Waals surface area contributed by atoms with Gasteiger partial charge in [0.2, 0.25) is 0 Å². The minimum absolute atomic E-state index is 0.207. The number of rotatable bonds is 3. The summed E-state index contributed by atoms with van der Waals surface area (Å²) in [5, 5.41) is 5.45. The fourth-order valence-electron chi connectivity index (χ4n) is 1.70. The Hall–Kier alpha value is 0.320. The average Bonchev–Trinajstić information content (AvgIpc) is 2.65. The molecule has 0 saturated heterocycles. The van der Waals surface area contributed by atoms with E-state index in [1.54, 1.807) is 11.3 Å². The Balaban J connectivity index is 2.45. The van der Waals surface area contributed by atoms with Crippen molar-refractivity contribution in [3.8, 4) is 0 Å². The van der Waals surface area contributed by atoms with Crippen molar-refractivity contribution in [2.24, 2.45) is 0 Å².